The lowest BCUT2D eigenvalue weighted by molar-refractivity contribution is -0.143. The average Bonchev–Trinajstić information content (AvgIpc) is 3.36. The zero-order chi connectivity index (χ0) is 32.5. The highest BCUT2D eigenvalue weighted by Gasteiger charge is 2.38. The van der Waals surface area contributed by atoms with Crippen molar-refractivity contribution in [2.24, 2.45) is 4.99 Å². The number of alkyl halides is 6. The van der Waals surface area contributed by atoms with Crippen LogP contribution in [0.1, 0.15) is 33.4 Å². The first-order valence-electron chi connectivity index (χ1n) is 13.9. The number of benzene rings is 3. The van der Waals surface area contributed by atoms with E-state index >= 15 is 0 Å². The topological polar surface area (TPSA) is 54.4 Å². The third-order valence-corrected chi connectivity index (χ3v) is 8.52. The maximum atomic E-state index is 13.5. The van der Waals surface area contributed by atoms with Crippen LogP contribution in [0, 0.1) is 13.8 Å². The summed E-state index contributed by atoms with van der Waals surface area (Å²) in [5, 5.41) is 0.621. The molecular weight excluding hydrogens is 620 g/mol. The summed E-state index contributed by atoms with van der Waals surface area (Å²) in [7, 11) is 1.34. The molecule has 1 saturated heterocycles. The lowest BCUT2D eigenvalue weighted by atomic mass is 10.0. The van der Waals surface area contributed by atoms with Gasteiger partial charge < -0.3 is 19.3 Å². The molecule has 1 fully saturated rings. The van der Waals surface area contributed by atoms with E-state index in [1.165, 1.54) is 41.8 Å². The number of aryl methyl sites for hydroxylation is 2. The number of hydrogen-bond donors (Lipinski definition) is 0. The van der Waals surface area contributed by atoms with Crippen LogP contribution in [0.3, 0.4) is 0 Å². The van der Waals surface area contributed by atoms with Gasteiger partial charge in [0.2, 0.25) is 0 Å². The predicted molar refractivity (Wildman–Crippen MR) is 161 cm³/mol. The molecule has 238 valence electrons. The van der Waals surface area contributed by atoms with E-state index in [0.717, 1.165) is 19.2 Å². The Labute approximate surface area is 260 Å². The first kappa shape index (κ1) is 32.3. The van der Waals surface area contributed by atoms with Crippen LogP contribution in [-0.2, 0) is 23.8 Å². The number of carbonyl (C=O) groups excluding carboxylic acids is 1. The van der Waals surface area contributed by atoms with Crippen LogP contribution in [0.2, 0.25) is 0 Å². The molecule has 3 aromatic carbocycles. The largest absolute Gasteiger partial charge is 0.493 e. The van der Waals surface area contributed by atoms with Gasteiger partial charge in [-0.2, -0.15) is 31.3 Å². The van der Waals surface area contributed by atoms with Gasteiger partial charge in [0, 0.05) is 37.4 Å². The number of halogens is 6. The van der Waals surface area contributed by atoms with Crippen molar-refractivity contribution in [1.82, 2.24) is 4.90 Å². The lowest BCUT2D eigenvalue weighted by Gasteiger charge is -2.37. The van der Waals surface area contributed by atoms with Gasteiger partial charge in [0.1, 0.15) is 6.61 Å². The highest BCUT2D eigenvalue weighted by molar-refractivity contribution is 8.18. The van der Waals surface area contributed by atoms with Gasteiger partial charge in [-0.15, -0.1) is 0 Å². The predicted octanol–water partition coefficient (Wildman–Crippen LogP) is 7.72. The molecule has 0 saturated carbocycles. The van der Waals surface area contributed by atoms with E-state index in [0.29, 0.717) is 34.8 Å². The second-order valence-electron chi connectivity index (χ2n) is 10.6. The molecule has 45 heavy (non-hydrogen) atoms. The van der Waals surface area contributed by atoms with Crippen molar-refractivity contribution in [3.63, 3.8) is 0 Å². The third-order valence-electron chi connectivity index (χ3n) is 7.48. The van der Waals surface area contributed by atoms with Crippen molar-refractivity contribution in [2.75, 3.05) is 38.2 Å². The van der Waals surface area contributed by atoms with Gasteiger partial charge in [-0.05, 0) is 78.7 Å². The summed E-state index contributed by atoms with van der Waals surface area (Å²) in [4.78, 5) is 21.8. The number of hydrogen-bond acceptors (Lipinski definition) is 6. The van der Waals surface area contributed by atoms with Crippen LogP contribution in [0.25, 0.3) is 6.08 Å². The smallest absolute Gasteiger partial charge is 0.416 e. The summed E-state index contributed by atoms with van der Waals surface area (Å²) in [6, 6.07) is 12.4. The summed E-state index contributed by atoms with van der Waals surface area (Å²) in [5.41, 5.74) is 0.873. The number of carbonyl (C=O) groups is 1. The van der Waals surface area contributed by atoms with E-state index in [4.69, 9.17) is 9.47 Å². The zero-order valence-corrected chi connectivity index (χ0v) is 25.4. The maximum absolute atomic E-state index is 13.5. The molecule has 0 unspecified atom stereocenters. The molecule has 0 radical (unpaired) electrons. The Morgan fingerprint density at radius 3 is 2.24 bits per heavy atom. The Kier molecular flexibility index (Phi) is 9.11. The van der Waals surface area contributed by atoms with Crippen LogP contribution in [-0.4, -0.2) is 49.3 Å². The Morgan fingerprint density at radius 2 is 1.58 bits per heavy atom. The fraction of sp³-hybridized carbons (Fsp3) is 0.312. The van der Waals surface area contributed by atoms with Crippen LogP contribution in [0.5, 0.6) is 11.5 Å². The van der Waals surface area contributed by atoms with Gasteiger partial charge >= 0.3 is 12.4 Å². The van der Waals surface area contributed by atoms with Crippen LogP contribution in [0.4, 0.5) is 32.0 Å². The first-order valence-corrected chi connectivity index (χ1v) is 14.7. The van der Waals surface area contributed by atoms with E-state index in [-0.39, 0.29) is 23.5 Å². The van der Waals surface area contributed by atoms with Crippen LogP contribution >= 0.6 is 11.8 Å². The fourth-order valence-electron chi connectivity index (χ4n) is 5.07. The minimum atomic E-state index is -5.01. The third kappa shape index (κ3) is 7.41. The van der Waals surface area contributed by atoms with E-state index in [2.05, 4.69) is 46.8 Å². The number of nitrogens with zero attached hydrogens (tertiary/aromatic N) is 3. The van der Waals surface area contributed by atoms with Gasteiger partial charge in [-0.3, -0.25) is 4.79 Å². The van der Waals surface area contributed by atoms with Gasteiger partial charge in [-0.1, -0.05) is 24.3 Å². The Balaban J connectivity index is 1.25. The molecule has 0 aromatic heterocycles. The quantitative estimate of drug-likeness (QED) is 0.201. The molecule has 2 aliphatic rings. The van der Waals surface area contributed by atoms with Gasteiger partial charge in [0.05, 0.1) is 23.1 Å². The molecule has 5 rings (SSSR count). The van der Waals surface area contributed by atoms with Crippen molar-refractivity contribution in [3.05, 3.63) is 92.9 Å². The highest BCUT2D eigenvalue weighted by Crippen LogP contribution is 2.39. The Bertz CT molecular complexity index is 1660. The van der Waals surface area contributed by atoms with Gasteiger partial charge in [0.25, 0.3) is 5.91 Å². The van der Waals surface area contributed by atoms with Gasteiger partial charge in [-0.25, -0.2) is 0 Å². The number of ether oxygens (including phenoxy) is 2. The summed E-state index contributed by atoms with van der Waals surface area (Å²) < 4.78 is 90.5. The molecule has 0 spiro atoms. The van der Waals surface area contributed by atoms with Crippen LogP contribution in [0.15, 0.2) is 64.5 Å². The molecular formula is C32H29F6N3O3S. The molecule has 0 atom stereocenters. The number of amides is 1. The Morgan fingerprint density at radius 1 is 0.867 bits per heavy atom. The number of rotatable bonds is 6. The fourth-order valence-corrected chi connectivity index (χ4v) is 6.04. The minimum Gasteiger partial charge on any atom is -0.493 e. The minimum absolute atomic E-state index is 0.0722. The van der Waals surface area contributed by atoms with Crippen molar-refractivity contribution >= 4 is 34.6 Å². The van der Waals surface area contributed by atoms with Crippen molar-refractivity contribution in [2.45, 2.75) is 32.8 Å². The molecule has 0 aliphatic carbocycles. The maximum Gasteiger partial charge on any atom is 0.416 e. The molecule has 2 aliphatic heterocycles. The SMILES string of the molecule is COc1cc(/C=C2\SC(N3CCN(c4cc(C)ccc4C)CC3)=NC2=O)ccc1OCc1ccc(C(F)(F)F)cc1C(F)(F)F. The average molecular weight is 650 g/mol. The van der Waals surface area contributed by atoms with Crippen molar-refractivity contribution < 1.29 is 40.6 Å². The number of aliphatic imine (C=N–C) groups is 1. The Hall–Kier alpha value is -4.13. The number of amidine groups is 1. The lowest BCUT2D eigenvalue weighted by Crippen LogP contribution is -2.48. The molecule has 6 nitrogen and oxygen atoms in total. The van der Waals surface area contributed by atoms with E-state index < -0.39 is 35.6 Å². The van der Waals surface area contributed by atoms with Crippen LogP contribution < -0.4 is 14.4 Å². The molecule has 13 heteroatoms. The number of anilines is 1. The van der Waals surface area contributed by atoms with E-state index in [1.807, 2.05) is 0 Å². The highest BCUT2D eigenvalue weighted by atomic mass is 32.2. The van der Waals surface area contributed by atoms with E-state index in [9.17, 15) is 31.1 Å². The zero-order valence-electron chi connectivity index (χ0n) is 24.6. The molecule has 0 bridgehead atoms. The number of methoxy groups -OCH3 is 1. The standard InChI is InChI=1S/C32H29F6N3O3S/c1-19-4-5-20(2)25(14-19)40-10-12-41(13-11-40)30-39-29(42)28(45-30)16-21-6-9-26(27(15-21)43-3)44-18-22-7-8-23(31(33,34)35)17-24(22)32(36,37)38/h4-9,14-17H,10-13,18H2,1-3H3/b28-16-. The van der Waals surface area contributed by atoms with Crippen molar-refractivity contribution in [3.8, 4) is 11.5 Å². The second kappa shape index (κ2) is 12.7. The summed E-state index contributed by atoms with van der Waals surface area (Å²) in [6.45, 7) is 6.48. The van der Waals surface area contributed by atoms with Gasteiger partial charge in [0.15, 0.2) is 16.7 Å². The van der Waals surface area contributed by atoms with Crippen molar-refractivity contribution in [1.29, 1.82) is 0 Å². The molecule has 2 heterocycles. The first-order chi connectivity index (χ1) is 21.2. The second-order valence-corrected chi connectivity index (χ2v) is 11.6. The monoisotopic (exact) mass is 649 g/mol. The number of thioether (sulfide) groups is 1. The molecule has 1 amide bonds. The number of piperazine rings is 1. The molecule has 3 aromatic rings. The molecule has 0 N–H and O–H groups in total. The summed E-state index contributed by atoms with van der Waals surface area (Å²) in [6.07, 6.45) is -8.30. The van der Waals surface area contributed by atoms with E-state index in [1.54, 1.807) is 18.2 Å². The summed E-state index contributed by atoms with van der Waals surface area (Å²) in [5.74, 6) is -0.131. The summed E-state index contributed by atoms with van der Waals surface area (Å²) >= 11 is 1.26. The normalized spacial score (nSPS) is 16.8.